The second kappa shape index (κ2) is 8.52. The lowest BCUT2D eigenvalue weighted by Gasteiger charge is -2.33. The molecule has 3 aromatic rings. The summed E-state index contributed by atoms with van der Waals surface area (Å²) in [5.74, 6) is 0.924. The van der Waals surface area contributed by atoms with Crippen molar-refractivity contribution in [1.29, 1.82) is 0 Å². The highest BCUT2D eigenvalue weighted by Gasteiger charge is 2.31. The van der Waals surface area contributed by atoms with Crippen molar-refractivity contribution in [2.75, 3.05) is 5.75 Å². The molecule has 30 heavy (non-hydrogen) atoms. The van der Waals surface area contributed by atoms with E-state index in [1.165, 1.54) is 0 Å². The number of unbranched alkanes of at least 4 members (excludes halogenated alkanes) is 1. The highest BCUT2D eigenvalue weighted by atomic mass is 32.2. The van der Waals surface area contributed by atoms with Crippen molar-refractivity contribution in [3.05, 3.63) is 57.5 Å². The monoisotopic (exact) mass is 423 g/mol. The fraction of sp³-hybridized carbons (Fsp3) is 0.458. The van der Waals surface area contributed by atoms with Gasteiger partial charge in [0, 0.05) is 17.7 Å². The van der Waals surface area contributed by atoms with Crippen LogP contribution in [0.2, 0.25) is 0 Å². The van der Waals surface area contributed by atoms with Gasteiger partial charge >= 0.3 is 0 Å². The topological polar surface area (TPSA) is 57.0 Å². The minimum Gasteiger partial charge on any atom is -0.370 e. The minimum absolute atomic E-state index is 0.0676. The molecule has 4 rings (SSSR count). The fourth-order valence-corrected chi connectivity index (χ4v) is 4.74. The van der Waals surface area contributed by atoms with Gasteiger partial charge in [-0.2, -0.15) is 0 Å². The largest absolute Gasteiger partial charge is 0.370 e. The molecule has 1 aliphatic rings. The van der Waals surface area contributed by atoms with Gasteiger partial charge in [-0.3, -0.25) is 9.36 Å². The van der Waals surface area contributed by atoms with Crippen molar-refractivity contribution in [3.63, 3.8) is 0 Å². The molecule has 0 fully saturated rings. The Morgan fingerprint density at radius 1 is 1.20 bits per heavy atom. The van der Waals surface area contributed by atoms with E-state index >= 15 is 0 Å². The first-order valence-electron chi connectivity index (χ1n) is 10.7. The van der Waals surface area contributed by atoms with E-state index < -0.39 is 0 Å². The normalized spacial score (nSPS) is 18.5. The van der Waals surface area contributed by atoms with Gasteiger partial charge in [0.25, 0.3) is 5.56 Å². The lowest BCUT2D eigenvalue weighted by molar-refractivity contribution is -0.0573. The van der Waals surface area contributed by atoms with Crippen LogP contribution in [0.15, 0.2) is 40.3 Å². The highest BCUT2D eigenvalue weighted by molar-refractivity contribution is 7.99. The predicted octanol–water partition coefficient (Wildman–Crippen LogP) is 5.22. The third kappa shape index (κ3) is 4.03. The number of pyridine rings is 1. The van der Waals surface area contributed by atoms with E-state index in [2.05, 4.69) is 20.8 Å². The van der Waals surface area contributed by atoms with Crippen LogP contribution in [-0.2, 0) is 17.8 Å². The van der Waals surface area contributed by atoms with Gasteiger partial charge in [-0.15, -0.1) is 0 Å². The minimum atomic E-state index is -0.205. The van der Waals surface area contributed by atoms with Gasteiger partial charge in [0.05, 0.1) is 29.0 Å². The summed E-state index contributed by atoms with van der Waals surface area (Å²) in [5.41, 5.74) is 4.27. The van der Waals surface area contributed by atoms with Crippen LogP contribution in [0.4, 0.5) is 0 Å². The Morgan fingerprint density at radius 2 is 1.97 bits per heavy atom. The zero-order chi connectivity index (χ0) is 21.3. The van der Waals surface area contributed by atoms with Crippen LogP contribution in [0, 0.1) is 6.92 Å². The van der Waals surface area contributed by atoms with Gasteiger partial charge in [-0.25, -0.2) is 9.97 Å². The lowest BCUT2D eigenvalue weighted by Crippen LogP contribution is -2.35. The average Bonchev–Trinajstić information content (AvgIpc) is 2.74. The number of ether oxygens (including phenoxy) is 1. The van der Waals surface area contributed by atoms with Crippen LogP contribution >= 0.6 is 11.8 Å². The number of rotatable bonds is 6. The standard InChI is InChI=1S/C24H29N3O2S/c1-5-7-12-30-23-26-21-19(22(28)27(23)18-10-8-16(3)9-11-18)13-17-15-29-24(4,6-2)14-20(17)25-21/h8-11,13H,5-7,12,14-15H2,1-4H3/t24-/m0/s1. The molecule has 0 saturated carbocycles. The van der Waals surface area contributed by atoms with E-state index in [0.29, 0.717) is 22.8 Å². The quantitative estimate of drug-likeness (QED) is 0.309. The van der Waals surface area contributed by atoms with Gasteiger partial charge in [-0.1, -0.05) is 49.7 Å². The number of fused-ring (bicyclic) bond motifs is 2. The molecule has 0 unspecified atom stereocenters. The van der Waals surface area contributed by atoms with Crippen molar-refractivity contribution in [1.82, 2.24) is 14.5 Å². The first-order chi connectivity index (χ1) is 14.4. The van der Waals surface area contributed by atoms with Crippen LogP contribution < -0.4 is 5.56 Å². The highest BCUT2D eigenvalue weighted by Crippen LogP contribution is 2.31. The van der Waals surface area contributed by atoms with Crippen LogP contribution in [0.5, 0.6) is 0 Å². The van der Waals surface area contributed by atoms with Gasteiger partial charge in [0.15, 0.2) is 10.8 Å². The van der Waals surface area contributed by atoms with E-state index in [4.69, 9.17) is 14.7 Å². The summed E-state index contributed by atoms with van der Waals surface area (Å²) >= 11 is 1.63. The molecular formula is C24H29N3O2S. The van der Waals surface area contributed by atoms with Crippen molar-refractivity contribution < 1.29 is 4.74 Å². The number of aryl methyl sites for hydroxylation is 1. The van der Waals surface area contributed by atoms with E-state index in [1.807, 2.05) is 37.3 Å². The van der Waals surface area contributed by atoms with Crippen LogP contribution in [-0.4, -0.2) is 25.9 Å². The van der Waals surface area contributed by atoms with E-state index in [9.17, 15) is 4.79 Å². The molecule has 0 aliphatic carbocycles. The molecule has 158 valence electrons. The fourth-order valence-electron chi connectivity index (χ4n) is 3.66. The SMILES string of the molecule is CCCCSc1nc2nc3c(cc2c(=O)n1-c1ccc(C)cc1)CO[C@@](C)(CC)C3. The Morgan fingerprint density at radius 3 is 2.67 bits per heavy atom. The first-order valence-corrected chi connectivity index (χ1v) is 11.7. The predicted molar refractivity (Wildman–Crippen MR) is 123 cm³/mol. The number of aromatic nitrogens is 3. The Balaban J connectivity index is 1.88. The maximum Gasteiger partial charge on any atom is 0.268 e. The molecule has 1 aliphatic heterocycles. The Bertz CT molecular complexity index is 1120. The Kier molecular flexibility index (Phi) is 5.98. The second-order valence-corrected chi connectivity index (χ2v) is 9.37. The first kappa shape index (κ1) is 21.1. The summed E-state index contributed by atoms with van der Waals surface area (Å²) in [4.78, 5) is 23.3. The number of benzene rings is 1. The van der Waals surface area contributed by atoms with Gasteiger partial charge in [0.2, 0.25) is 0 Å². The zero-order valence-electron chi connectivity index (χ0n) is 18.2. The average molecular weight is 424 g/mol. The van der Waals surface area contributed by atoms with Gasteiger partial charge in [-0.05, 0) is 44.9 Å². The Hall–Kier alpha value is -2.18. The number of hydrogen-bond acceptors (Lipinski definition) is 5. The van der Waals surface area contributed by atoms with Gasteiger partial charge < -0.3 is 4.74 Å². The summed E-state index contributed by atoms with van der Waals surface area (Å²) in [5, 5.41) is 1.26. The maximum atomic E-state index is 13.6. The zero-order valence-corrected chi connectivity index (χ0v) is 19.0. The van der Waals surface area contributed by atoms with Crippen molar-refractivity contribution in [2.45, 2.75) is 70.7 Å². The number of hydrogen-bond donors (Lipinski definition) is 0. The summed E-state index contributed by atoms with van der Waals surface area (Å²) in [7, 11) is 0. The van der Waals surface area contributed by atoms with Crippen molar-refractivity contribution in [3.8, 4) is 5.69 Å². The lowest BCUT2D eigenvalue weighted by atomic mass is 9.91. The Labute approximate surface area is 181 Å². The molecule has 0 N–H and O–H groups in total. The summed E-state index contributed by atoms with van der Waals surface area (Å²) in [6.07, 6.45) is 3.86. The molecule has 6 heteroatoms. The van der Waals surface area contributed by atoms with Crippen molar-refractivity contribution >= 4 is 22.8 Å². The molecular weight excluding hydrogens is 394 g/mol. The molecule has 0 spiro atoms. The number of nitrogens with zero attached hydrogens (tertiary/aromatic N) is 3. The molecule has 0 radical (unpaired) electrons. The van der Waals surface area contributed by atoms with E-state index in [0.717, 1.165) is 53.9 Å². The molecule has 5 nitrogen and oxygen atoms in total. The third-order valence-electron chi connectivity index (χ3n) is 5.88. The van der Waals surface area contributed by atoms with Gasteiger partial charge in [0.1, 0.15) is 0 Å². The number of thioether (sulfide) groups is 1. The van der Waals surface area contributed by atoms with Crippen LogP contribution in [0.25, 0.3) is 16.7 Å². The molecule has 0 saturated heterocycles. The molecule has 1 aromatic carbocycles. The molecule has 2 aromatic heterocycles. The molecule has 0 bridgehead atoms. The maximum absolute atomic E-state index is 13.6. The summed E-state index contributed by atoms with van der Waals surface area (Å²) in [6, 6.07) is 9.95. The summed E-state index contributed by atoms with van der Waals surface area (Å²) in [6.45, 7) is 8.95. The third-order valence-corrected chi connectivity index (χ3v) is 6.91. The van der Waals surface area contributed by atoms with E-state index in [1.54, 1.807) is 16.3 Å². The van der Waals surface area contributed by atoms with Crippen molar-refractivity contribution in [2.24, 2.45) is 0 Å². The van der Waals surface area contributed by atoms with E-state index in [-0.39, 0.29) is 11.2 Å². The second-order valence-electron chi connectivity index (χ2n) is 8.31. The molecule has 0 amide bonds. The van der Waals surface area contributed by atoms with Crippen LogP contribution in [0.3, 0.4) is 0 Å². The molecule has 3 heterocycles. The smallest absolute Gasteiger partial charge is 0.268 e. The summed E-state index contributed by atoms with van der Waals surface area (Å²) < 4.78 is 7.81. The van der Waals surface area contributed by atoms with Crippen LogP contribution in [0.1, 0.15) is 56.9 Å². The molecule has 1 atom stereocenters.